The fourth-order valence-corrected chi connectivity index (χ4v) is 2.78. The third-order valence-corrected chi connectivity index (χ3v) is 3.89. The normalized spacial score (nSPS) is 19.6. The van der Waals surface area contributed by atoms with Crippen molar-refractivity contribution in [2.75, 3.05) is 39.5 Å². The summed E-state index contributed by atoms with van der Waals surface area (Å²) in [5, 5.41) is 6.57. The van der Waals surface area contributed by atoms with Gasteiger partial charge in [-0.2, -0.15) is 0 Å². The fraction of sp³-hybridized carbons (Fsp3) is 0.533. The van der Waals surface area contributed by atoms with E-state index in [1.54, 1.807) is 0 Å². The monoisotopic (exact) mass is 362 g/mol. The molecule has 1 fully saturated rings. The second-order valence-corrected chi connectivity index (χ2v) is 5.63. The van der Waals surface area contributed by atoms with E-state index in [9.17, 15) is 4.79 Å². The lowest BCUT2D eigenvalue weighted by Crippen LogP contribution is -2.51. The molecule has 1 aromatic rings. The number of hydrogen-bond donors (Lipinski definition) is 2. The van der Waals surface area contributed by atoms with Crippen molar-refractivity contribution in [3.63, 3.8) is 0 Å². The number of carbonyl (C=O) groups is 1. The van der Waals surface area contributed by atoms with Crippen molar-refractivity contribution in [2.24, 2.45) is 0 Å². The Hall–Kier alpha value is -1.21. The largest absolute Gasteiger partial charge is 0.486 e. The van der Waals surface area contributed by atoms with Crippen LogP contribution in [0.1, 0.15) is 5.56 Å². The average molecular weight is 363 g/mol. The molecule has 2 N–H and O–H groups in total. The van der Waals surface area contributed by atoms with E-state index in [2.05, 4.69) is 10.6 Å². The Morgan fingerprint density at radius 1 is 1.30 bits per heavy atom. The summed E-state index contributed by atoms with van der Waals surface area (Å²) >= 11 is 6.19. The minimum absolute atomic E-state index is 0. The Labute approximate surface area is 146 Å². The van der Waals surface area contributed by atoms with Crippen molar-refractivity contribution in [3.8, 4) is 11.5 Å². The number of carbonyl (C=O) groups excluding carboxylic acids is 1. The molecule has 0 aromatic heterocycles. The Morgan fingerprint density at radius 2 is 2.13 bits per heavy atom. The summed E-state index contributed by atoms with van der Waals surface area (Å²) < 4.78 is 16.3. The number of fused-ring (bicyclic) bond motifs is 1. The first-order chi connectivity index (χ1) is 10.7. The molecule has 1 atom stereocenters. The van der Waals surface area contributed by atoms with E-state index in [0.29, 0.717) is 62.5 Å². The van der Waals surface area contributed by atoms with Gasteiger partial charge in [0.05, 0.1) is 18.2 Å². The molecule has 23 heavy (non-hydrogen) atoms. The van der Waals surface area contributed by atoms with Gasteiger partial charge in [-0.15, -0.1) is 12.4 Å². The van der Waals surface area contributed by atoms with Crippen LogP contribution in [0.4, 0.5) is 0 Å². The molecule has 3 rings (SSSR count). The molecule has 0 bridgehead atoms. The molecule has 0 aliphatic carbocycles. The SMILES string of the molecule is Cl.O=C(NCCc1cc(Cl)c2c(c1)OCCO2)C1COCCN1. The molecule has 1 amide bonds. The molecule has 0 radical (unpaired) electrons. The van der Waals surface area contributed by atoms with Gasteiger partial charge in [0.1, 0.15) is 19.3 Å². The zero-order valence-electron chi connectivity index (χ0n) is 12.6. The summed E-state index contributed by atoms with van der Waals surface area (Å²) in [5.74, 6) is 1.23. The van der Waals surface area contributed by atoms with Crippen molar-refractivity contribution in [1.29, 1.82) is 0 Å². The number of benzene rings is 1. The number of amides is 1. The molecule has 2 aliphatic heterocycles. The van der Waals surface area contributed by atoms with Crippen LogP contribution in [0.25, 0.3) is 0 Å². The average Bonchev–Trinajstić information content (AvgIpc) is 2.56. The van der Waals surface area contributed by atoms with Crippen molar-refractivity contribution in [3.05, 3.63) is 22.7 Å². The number of ether oxygens (including phenoxy) is 3. The number of halogens is 2. The fourth-order valence-electron chi connectivity index (χ4n) is 2.50. The van der Waals surface area contributed by atoms with Crippen LogP contribution >= 0.6 is 24.0 Å². The van der Waals surface area contributed by atoms with E-state index >= 15 is 0 Å². The van der Waals surface area contributed by atoms with Crippen LogP contribution in [0.2, 0.25) is 5.02 Å². The molecule has 2 heterocycles. The van der Waals surface area contributed by atoms with E-state index < -0.39 is 0 Å². The summed E-state index contributed by atoms with van der Waals surface area (Å²) in [6.07, 6.45) is 0.676. The summed E-state index contributed by atoms with van der Waals surface area (Å²) in [4.78, 5) is 12.0. The Balaban J connectivity index is 0.00000192. The molecule has 2 aliphatic rings. The van der Waals surface area contributed by atoms with E-state index in [4.69, 9.17) is 25.8 Å². The van der Waals surface area contributed by atoms with Crippen LogP contribution in [-0.2, 0) is 16.0 Å². The molecular weight excluding hydrogens is 343 g/mol. The number of rotatable bonds is 4. The van der Waals surface area contributed by atoms with Crippen LogP contribution in [0.5, 0.6) is 11.5 Å². The van der Waals surface area contributed by atoms with Gasteiger partial charge in [-0.3, -0.25) is 4.79 Å². The van der Waals surface area contributed by atoms with Gasteiger partial charge in [-0.05, 0) is 24.1 Å². The topological polar surface area (TPSA) is 68.8 Å². The van der Waals surface area contributed by atoms with Gasteiger partial charge < -0.3 is 24.8 Å². The van der Waals surface area contributed by atoms with Crippen molar-refractivity contribution >= 4 is 29.9 Å². The Morgan fingerprint density at radius 3 is 2.91 bits per heavy atom. The summed E-state index contributed by atoms with van der Waals surface area (Å²) in [5.41, 5.74) is 1.00. The molecule has 0 spiro atoms. The Bertz CT molecular complexity index is 551. The first-order valence-corrected chi connectivity index (χ1v) is 7.78. The van der Waals surface area contributed by atoms with E-state index in [-0.39, 0.29) is 24.4 Å². The standard InChI is InChI=1S/C15H19ClN2O4.ClH/c16-11-7-10(8-13-14(11)22-6-5-21-13)1-2-18-15(19)12-9-20-4-3-17-12;/h7-8,12,17H,1-6,9H2,(H,18,19);1H. The maximum absolute atomic E-state index is 12.0. The number of morpholine rings is 1. The molecule has 0 saturated carbocycles. The summed E-state index contributed by atoms with van der Waals surface area (Å²) in [6.45, 7) is 3.35. The van der Waals surface area contributed by atoms with E-state index in [1.165, 1.54) is 0 Å². The van der Waals surface area contributed by atoms with Gasteiger partial charge in [-0.1, -0.05) is 11.6 Å². The number of nitrogens with one attached hydrogen (secondary N) is 2. The molecule has 1 unspecified atom stereocenters. The van der Waals surface area contributed by atoms with Crippen LogP contribution in [-0.4, -0.2) is 51.5 Å². The number of hydrogen-bond acceptors (Lipinski definition) is 5. The maximum Gasteiger partial charge on any atom is 0.239 e. The van der Waals surface area contributed by atoms with Crippen molar-refractivity contribution < 1.29 is 19.0 Å². The summed E-state index contributed by atoms with van der Waals surface area (Å²) in [6, 6.07) is 3.50. The predicted octanol–water partition coefficient (Wildman–Crippen LogP) is 1.18. The molecular formula is C15H20Cl2N2O4. The first kappa shape index (κ1) is 18.1. The molecule has 6 nitrogen and oxygen atoms in total. The van der Waals surface area contributed by atoms with Gasteiger partial charge in [-0.25, -0.2) is 0 Å². The van der Waals surface area contributed by atoms with Gasteiger partial charge >= 0.3 is 0 Å². The zero-order chi connectivity index (χ0) is 15.4. The second kappa shape index (κ2) is 8.59. The molecule has 1 aromatic carbocycles. The lowest BCUT2D eigenvalue weighted by Gasteiger charge is -2.23. The highest BCUT2D eigenvalue weighted by Crippen LogP contribution is 2.38. The Kier molecular flexibility index (Phi) is 6.77. The maximum atomic E-state index is 12.0. The van der Waals surface area contributed by atoms with E-state index in [1.807, 2.05) is 12.1 Å². The minimum atomic E-state index is -0.266. The summed E-state index contributed by atoms with van der Waals surface area (Å²) in [7, 11) is 0. The predicted molar refractivity (Wildman–Crippen MR) is 89.0 cm³/mol. The van der Waals surface area contributed by atoms with Gasteiger partial charge in [0, 0.05) is 13.1 Å². The van der Waals surface area contributed by atoms with E-state index in [0.717, 1.165) is 5.56 Å². The quantitative estimate of drug-likeness (QED) is 0.841. The lowest BCUT2D eigenvalue weighted by atomic mass is 10.1. The molecule has 8 heteroatoms. The van der Waals surface area contributed by atoms with Gasteiger partial charge in [0.2, 0.25) is 5.91 Å². The highest BCUT2D eigenvalue weighted by molar-refractivity contribution is 6.32. The van der Waals surface area contributed by atoms with Crippen molar-refractivity contribution in [1.82, 2.24) is 10.6 Å². The van der Waals surface area contributed by atoms with Gasteiger partial charge in [0.15, 0.2) is 11.5 Å². The van der Waals surface area contributed by atoms with Crippen molar-refractivity contribution in [2.45, 2.75) is 12.5 Å². The van der Waals surface area contributed by atoms with Crippen LogP contribution < -0.4 is 20.1 Å². The van der Waals surface area contributed by atoms with Gasteiger partial charge in [0.25, 0.3) is 0 Å². The third-order valence-electron chi connectivity index (χ3n) is 3.61. The first-order valence-electron chi connectivity index (χ1n) is 7.41. The zero-order valence-corrected chi connectivity index (χ0v) is 14.2. The van der Waals surface area contributed by atoms with Crippen LogP contribution in [0.15, 0.2) is 12.1 Å². The minimum Gasteiger partial charge on any atom is -0.486 e. The highest BCUT2D eigenvalue weighted by atomic mass is 35.5. The molecule has 128 valence electrons. The second-order valence-electron chi connectivity index (χ2n) is 5.22. The van der Waals surface area contributed by atoms with Crippen LogP contribution in [0, 0.1) is 0 Å². The third kappa shape index (κ3) is 4.64. The van der Waals surface area contributed by atoms with Crippen LogP contribution in [0.3, 0.4) is 0 Å². The lowest BCUT2D eigenvalue weighted by molar-refractivity contribution is -0.125. The molecule has 1 saturated heterocycles. The highest BCUT2D eigenvalue weighted by Gasteiger charge is 2.21. The smallest absolute Gasteiger partial charge is 0.239 e.